The van der Waals surface area contributed by atoms with Gasteiger partial charge in [0.1, 0.15) is 11.1 Å². The monoisotopic (exact) mass is 602 g/mol. The zero-order valence-corrected chi connectivity index (χ0v) is 22.9. The van der Waals surface area contributed by atoms with Crippen molar-refractivity contribution in [3.63, 3.8) is 0 Å². The van der Waals surface area contributed by atoms with E-state index in [9.17, 15) is 27.6 Å². The highest BCUT2D eigenvalue weighted by molar-refractivity contribution is 7.80. The topological polar surface area (TPSA) is 85.5 Å². The van der Waals surface area contributed by atoms with Gasteiger partial charge in [0.2, 0.25) is 5.91 Å². The van der Waals surface area contributed by atoms with Gasteiger partial charge >= 0.3 is 6.18 Å². The second kappa shape index (κ2) is 13.1. The molecule has 0 radical (unpaired) electrons. The molecule has 0 aliphatic heterocycles. The van der Waals surface area contributed by atoms with Crippen molar-refractivity contribution in [1.29, 1.82) is 0 Å². The number of carbonyl (C=O) groups excluding carboxylic acids is 1. The summed E-state index contributed by atoms with van der Waals surface area (Å²) < 4.78 is 40.8. The number of carbonyl (C=O) groups is 1. The molecule has 0 aliphatic rings. The third-order valence-electron chi connectivity index (χ3n) is 5.08. The van der Waals surface area contributed by atoms with Crippen molar-refractivity contribution in [2.45, 2.75) is 26.6 Å². The minimum Gasteiger partial charge on any atom is -0.351 e. The van der Waals surface area contributed by atoms with E-state index in [1.165, 1.54) is 45.8 Å². The Morgan fingerprint density at radius 2 is 1.53 bits per heavy atom. The van der Waals surface area contributed by atoms with E-state index in [-0.39, 0.29) is 38.5 Å². The Labute approximate surface area is 235 Å². The second-order valence-corrected chi connectivity index (χ2v) is 9.31. The first kappa shape index (κ1) is 31.1. The van der Waals surface area contributed by atoms with Crippen LogP contribution in [0.3, 0.4) is 0 Å². The van der Waals surface area contributed by atoms with Crippen LogP contribution in [-0.2, 0) is 11.3 Å². The minimum absolute atomic E-state index is 0.0926. The first-order valence-electron chi connectivity index (χ1n) is 10.5. The number of thiocarbonyl (C=S) groups is 2. The van der Waals surface area contributed by atoms with Crippen molar-refractivity contribution < 1.29 is 18.0 Å². The SMILES string of the molecule is CC(C)(C(=O)NCc1ccc(Cl)c(N=C=S)c1Cl)C(F)(F)F.O=c1ccccn1C(=S)n1ccccc1=O. The van der Waals surface area contributed by atoms with Gasteiger partial charge in [-0.25, -0.2) is 0 Å². The van der Waals surface area contributed by atoms with Gasteiger partial charge in [0.05, 0.1) is 15.2 Å². The number of isothiocyanates is 1. The van der Waals surface area contributed by atoms with Crippen molar-refractivity contribution in [1.82, 2.24) is 14.5 Å². The van der Waals surface area contributed by atoms with Crippen LogP contribution in [-0.4, -0.2) is 31.5 Å². The molecule has 0 bridgehead atoms. The van der Waals surface area contributed by atoms with Gasteiger partial charge in [-0.15, -0.1) is 0 Å². The average Bonchev–Trinajstić information content (AvgIpc) is 2.86. The maximum Gasteiger partial charge on any atom is 0.402 e. The third kappa shape index (κ3) is 7.46. The zero-order chi connectivity index (χ0) is 28.7. The van der Waals surface area contributed by atoms with Gasteiger partial charge in [-0.3, -0.25) is 23.5 Å². The summed E-state index contributed by atoms with van der Waals surface area (Å²) in [5.74, 6) is -1.16. The lowest BCUT2D eigenvalue weighted by molar-refractivity contribution is -0.211. The van der Waals surface area contributed by atoms with Crippen molar-refractivity contribution in [3.05, 3.63) is 97.2 Å². The standard InChI is InChI=1S/C13H11Cl2F3N2OS.C11H8N2O2S/c1-12(2,13(16,17)18)11(21)19-5-7-3-4-8(14)10(9(7)15)20-6-22;14-9-5-1-3-7-12(9)11(16)13-8-4-2-6-10(13)15/h3-4H,5H2,1-2H3,(H,19,21);1-8H. The number of amides is 1. The van der Waals surface area contributed by atoms with Gasteiger partial charge in [0.15, 0.2) is 5.11 Å². The summed E-state index contributed by atoms with van der Waals surface area (Å²) in [6.45, 7) is 1.40. The van der Waals surface area contributed by atoms with Crippen LogP contribution in [0, 0.1) is 5.41 Å². The zero-order valence-electron chi connectivity index (χ0n) is 19.8. The number of aromatic nitrogens is 2. The molecule has 0 atom stereocenters. The summed E-state index contributed by atoms with van der Waals surface area (Å²) in [6, 6.07) is 12.3. The molecule has 1 N–H and O–H groups in total. The van der Waals surface area contributed by atoms with E-state index in [0.717, 1.165) is 13.8 Å². The van der Waals surface area contributed by atoms with Crippen LogP contribution in [0.4, 0.5) is 18.9 Å². The average molecular weight is 603 g/mol. The first-order valence-corrected chi connectivity index (χ1v) is 12.1. The number of aliphatic imine (C=N–C) groups is 1. The van der Waals surface area contributed by atoms with Gasteiger partial charge in [-0.05, 0) is 62.0 Å². The normalized spacial score (nSPS) is 11.0. The number of rotatable bonds is 4. The molecule has 3 aromatic rings. The van der Waals surface area contributed by atoms with E-state index in [1.807, 2.05) is 0 Å². The number of alkyl halides is 3. The molecule has 0 saturated heterocycles. The first-order chi connectivity index (χ1) is 17.7. The fourth-order valence-corrected chi connectivity index (χ4v) is 3.59. The van der Waals surface area contributed by atoms with Crippen LogP contribution < -0.4 is 16.4 Å². The number of benzene rings is 1. The molecule has 1 amide bonds. The molecule has 7 nitrogen and oxygen atoms in total. The molecule has 0 fully saturated rings. The number of hydrogen-bond donors (Lipinski definition) is 1. The predicted octanol–water partition coefficient (Wildman–Crippen LogP) is 5.62. The lowest BCUT2D eigenvalue weighted by atomic mass is 9.91. The molecule has 2 aromatic heterocycles. The molecule has 2 heterocycles. The Kier molecular flexibility index (Phi) is 10.7. The maximum atomic E-state index is 12.8. The molecule has 0 spiro atoms. The smallest absolute Gasteiger partial charge is 0.351 e. The van der Waals surface area contributed by atoms with Gasteiger partial charge in [-0.2, -0.15) is 18.2 Å². The minimum atomic E-state index is -4.66. The predicted molar refractivity (Wildman–Crippen MR) is 148 cm³/mol. The summed E-state index contributed by atoms with van der Waals surface area (Å²) >= 11 is 21.5. The summed E-state index contributed by atoms with van der Waals surface area (Å²) in [7, 11) is 0. The van der Waals surface area contributed by atoms with Crippen LogP contribution in [0.2, 0.25) is 10.0 Å². The molecule has 0 saturated carbocycles. The Morgan fingerprint density at radius 3 is 1.97 bits per heavy atom. The van der Waals surface area contributed by atoms with Crippen LogP contribution in [0.1, 0.15) is 19.4 Å². The maximum absolute atomic E-state index is 12.8. The van der Waals surface area contributed by atoms with Crippen LogP contribution >= 0.6 is 47.6 Å². The fourth-order valence-electron chi connectivity index (χ4n) is 2.68. The number of halogens is 5. The molecule has 14 heteroatoms. The molecule has 200 valence electrons. The summed E-state index contributed by atoms with van der Waals surface area (Å²) in [6.07, 6.45) is -1.60. The largest absolute Gasteiger partial charge is 0.402 e. The van der Waals surface area contributed by atoms with Crippen LogP contribution in [0.5, 0.6) is 0 Å². The molecular weight excluding hydrogens is 584 g/mol. The molecule has 1 aromatic carbocycles. The summed E-state index contributed by atoms with van der Waals surface area (Å²) in [5.41, 5.74) is -2.52. The van der Waals surface area contributed by atoms with E-state index in [2.05, 4.69) is 27.7 Å². The van der Waals surface area contributed by atoms with Gasteiger partial charge < -0.3 is 5.32 Å². The Bertz CT molecular complexity index is 1460. The lowest BCUT2D eigenvalue weighted by Gasteiger charge is -2.26. The van der Waals surface area contributed by atoms with Crippen molar-refractivity contribution in [2.24, 2.45) is 10.4 Å². The van der Waals surface area contributed by atoms with E-state index >= 15 is 0 Å². The third-order valence-corrected chi connectivity index (χ3v) is 6.29. The molecule has 0 aliphatic carbocycles. The number of hydrogen-bond acceptors (Lipinski definition) is 6. The quantitative estimate of drug-likeness (QED) is 0.309. The fraction of sp³-hybridized carbons (Fsp3) is 0.208. The van der Waals surface area contributed by atoms with Crippen molar-refractivity contribution in [3.8, 4) is 0 Å². The molecule has 3 rings (SSSR count). The van der Waals surface area contributed by atoms with Gasteiger partial charge in [0.25, 0.3) is 11.1 Å². The highest BCUT2D eigenvalue weighted by Gasteiger charge is 2.52. The Balaban J connectivity index is 0.000000279. The number of nitrogens with one attached hydrogen (secondary N) is 1. The Morgan fingerprint density at radius 1 is 1.00 bits per heavy atom. The van der Waals surface area contributed by atoms with Crippen LogP contribution in [0.15, 0.2) is 75.5 Å². The van der Waals surface area contributed by atoms with Crippen LogP contribution in [0.25, 0.3) is 0 Å². The highest BCUT2D eigenvalue weighted by Crippen LogP contribution is 2.38. The van der Waals surface area contributed by atoms with E-state index in [0.29, 0.717) is 5.56 Å². The van der Waals surface area contributed by atoms with Gasteiger partial charge in [-0.1, -0.05) is 41.4 Å². The lowest BCUT2D eigenvalue weighted by Crippen LogP contribution is -2.46. The number of pyridine rings is 2. The molecular formula is C24H19Cl2F3N4O3S2. The van der Waals surface area contributed by atoms with Gasteiger partial charge in [0, 0.05) is 31.1 Å². The molecule has 38 heavy (non-hydrogen) atoms. The Hall–Kier alpha value is -3.15. The van der Waals surface area contributed by atoms with E-state index in [4.69, 9.17) is 35.4 Å². The summed E-state index contributed by atoms with van der Waals surface area (Å²) in [4.78, 5) is 38.4. The van der Waals surface area contributed by atoms with Crippen molar-refractivity contribution in [2.75, 3.05) is 0 Å². The highest BCUT2D eigenvalue weighted by atomic mass is 35.5. The van der Waals surface area contributed by atoms with E-state index in [1.54, 1.807) is 24.3 Å². The van der Waals surface area contributed by atoms with Crippen molar-refractivity contribution >= 4 is 69.5 Å². The number of nitrogens with zero attached hydrogens (tertiary/aromatic N) is 3. The molecule has 0 unspecified atom stereocenters. The second-order valence-electron chi connectivity index (χ2n) is 7.98. The van der Waals surface area contributed by atoms with E-state index < -0.39 is 17.5 Å². The summed E-state index contributed by atoms with van der Waals surface area (Å²) in [5, 5.41) is 4.76.